The van der Waals surface area contributed by atoms with Crippen molar-refractivity contribution in [2.75, 3.05) is 6.61 Å². The number of phenols is 1. The molecule has 1 atom stereocenters. The van der Waals surface area contributed by atoms with E-state index in [9.17, 15) is 9.90 Å². The van der Waals surface area contributed by atoms with Gasteiger partial charge in [0.05, 0.1) is 6.61 Å². The first kappa shape index (κ1) is 16.2. The molecule has 0 aromatic heterocycles. The Hall–Kier alpha value is -2.69. The highest BCUT2D eigenvalue weighted by atomic mass is 16.5. The van der Waals surface area contributed by atoms with Crippen LogP contribution in [0.1, 0.15) is 37.5 Å². The summed E-state index contributed by atoms with van der Waals surface area (Å²) in [7, 11) is 0. The molecule has 5 nitrogen and oxygen atoms in total. The van der Waals surface area contributed by atoms with E-state index in [0.717, 1.165) is 29.9 Å². The largest absolute Gasteiger partial charge is 0.507 e. The average molecular weight is 328 g/mol. The molecule has 126 valence electrons. The second-order valence-electron chi connectivity index (χ2n) is 5.66. The van der Waals surface area contributed by atoms with Crippen LogP contribution in [0.15, 0.2) is 36.4 Å². The number of phenolic OH excluding ortho intramolecular Hbond substituents is 1. The third kappa shape index (κ3) is 3.45. The number of carbonyl (C=O) groups excluding carboxylic acids is 1. The standard InChI is InChI=1S/C19H20O5/c1-3-22-14-6-4-13-5-9-18(24-19(13)11-14)16-8-7-15(10-17(16)21)23-12(2)20/h4,6-8,10-11,18,21H,3,5,9H2,1-2H3. The lowest BCUT2D eigenvalue weighted by atomic mass is 9.96. The lowest BCUT2D eigenvalue weighted by Gasteiger charge is -2.27. The second kappa shape index (κ2) is 6.83. The molecule has 0 bridgehead atoms. The van der Waals surface area contributed by atoms with E-state index in [1.165, 1.54) is 13.0 Å². The van der Waals surface area contributed by atoms with E-state index in [2.05, 4.69) is 0 Å². The summed E-state index contributed by atoms with van der Waals surface area (Å²) in [6.07, 6.45) is 1.37. The van der Waals surface area contributed by atoms with E-state index in [1.807, 2.05) is 25.1 Å². The van der Waals surface area contributed by atoms with E-state index >= 15 is 0 Å². The molecule has 2 aromatic rings. The first-order chi connectivity index (χ1) is 11.6. The third-order valence-electron chi connectivity index (χ3n) is 3.91. The van der Waals surface area contributed by atoms with Crippen LogP contribution in [0.2, 0.25) is 0 Å². The molecule has 0 aliphatic carbocycles. The van der Waals surface area contributed by atoms with Gasteiger partial charge >= 0.3 is 5.97 Å². The molecule has 0 saturated heterocycles. The van der Waals surface area contributed by atoms with E-state index in [1.54, 1.807) is 12.1 Å². The van der Waals surface area contributed by atoms with Gasteiger partial charge in [-0.05, 0) is 43.5 Å². The van der Waals surface area contributed by atoms with Crippen LogP contribution in [-0.2, 0) is 11.2 Å². The molecule has 1 heterocycles. The number of carbonyl (C=O) groups is 1. The van der Waals surface area contributed by atoms with Crippen LogP contribution < -0.4 is 14.2 Å². The Morgan fingerprint density at radius 2 is 2.04 bits per heavy atom. The van der Waals surface area contributed by atoms with Gasteiger partial charge in [0.2, 0.25) is 0 Å². The van der Waals surface area contributed by atoms with Crippen LogP contribution in [0, 0.1) is 0 Å². The molecule has 0 amide bonds. The fraction of sp³-hybridized carbons (Fsp3) is 0.316. The van der Waals surface area contributed by atoms with Gasteiger partial charge in [-0.1, -0.05) is 6.07 Å². The Bertz CT molecular complexity index is 753. The minimum absolute atomic E-state index is 0.0585. The number of rotatable bonds is 4. The Morgan fingerprint density at radius 3 is 2.75 bits per heavy atom. The first-order valence-electron chi connectivity index (χ1n) is 8.00. The van der Waals surface area contributed by atoms with Crippen molar-refractivity contribution in [1.29, 1.82) is 0 Å². The number of aryl methyl sites for hydroxylation is 1. The Kier molecular flexibility index (Phi) is 4.60. The predicted molar refractivity (Wildman–Crippen MR) is 88.7 cm³/mol. The summed E-state index contributed by atoms with van der Waals surface area (Å²) in [4.78, 5) is 11.0. The fourth-order valence-electron chi connectivity index (χ4n) is 2.85. The molecule has 1 unspecified atom stereocenters. The fourth-order valence-corrected chi connectivity index (χ4v) is 2.85. The van der Waals surface area contributed by atoms with E-state index in [4.69, 9.17) is 14.2 Å². The maximum atomic E-state index is 11.0. The quantitative estimate of drug-likeness (QED) is 0.683. The van der Waals surface area contributed by atoms with Gasteiger partial charge in [-0.3, -0.25) is 4.79 Å². The molecule has 0 radical (unpaired) electrons. The molecule has 2 aromatic carbocycles. The van der Waals surface area contributed by atoms with E-state index in [-0.39, 0.29) is 11.9 Å². The number of fused-ring (bicyclic) bond motifs is 1. The Balaban J connectivity index is 1.82. The molecule has 1 aliphatic heterocycles. The number of esters is 1. The second-order valence-corrected chi connectivity index (χ2v) is 5.66. The summed E-state index contributed by atoms with van der Waals surface area (Å²) >= 11 is 0. The lowest BCUT2D eigenvalue weighted by molar-refractivity contribution is -0.131. The molecule has 24 heavy (non-hydrogen) atoms. The van der Waals surface area contributed by atoms with Crippen molar-refractivity contribution in [3.05, 3.63) is 47.5 Å². The van der Waals surface area contributed by atoms with E-state index in [0.29, 0.717) is 17.9 Å². The highest BCUT2D eigenvalue weighted by Crippen LogP contribution is 2.40. The molecule has 1 N–H and O–H groups in total. The highest BCUT2D eigenvalue weighted by molar-refractivity contribution is 5.69. The monoisotopic (exact) mass is 328 g/mol. The molecule has 0 fully saturated rings. The zero-order valence-electron chi connectivity index (χ0n) is 13.7. The predicted octanol–water partition coefficient (Wildman–Crippen LogP) is 3.78. The number of aromatic hydroxyl groups is 1. The normalized spacial score (nSPS) is 16.0. The maximum absolute atomic E-state index is 11.0. The lowest BCUT2D eigenvalue weighted by Crippen LogP contribution is -2.15. The number of ether oxygens (including phenoxy) is 3. The van der Waals surface area contributed by atoms with Crippen LogP contribution in [-0.4, -0.2) is 17.7 Å². The number of benzene rings is 2. The van der Waals surface area contributed by atoms with Crippen LogP contribution >= 0.6 is 0 Å². The topological polar surface area (TPSA) is 65.0 Å². The van der Waals surface area contributed by atoms with Crippen LogP contribution in [0.3, 0.4) is 0 Å². The SMILES string of the molecule is CCOc1ccc2c(c1)OC(c1ccc(OC(C)=O)cc1O)CC2. The van der Waals surface area contributed by atoms with Crippen LogP contribution in [0.5, 0.6) is 23.0 Å². The van der Waals surface area contributed by atoms with Crippen molar-refractivity contribution in [2.45, 2.75) is 32.8 Å². The molecule has 3 rings (SSSR count). The number of hydrogen-bond donors (Lipinski definition) is 1. The summed E-state index contributed by atoms with van der Waals surface area (Å²) in [5, 5.41) is 10.2. The minimum Gasteiger partial charge on any atom is -0.507 e. The van der Waals surface area contributed by atoms with Crippen molar-refractivity contribution >= 4 is 5.97 Å². The molecular formula is C19H20O5. The van der Waals surface area contributed by atoms with Crippen LogP contribution in [0.4, 0.5) is 0 Å². The minimum atomic E-state index is -0.423. The Morgan fingerprint density at radius 1 is 1.25 bits per heavy atom. The van der Waals surface area contributed by atoms with Gasteiger partial charge in [0.15, 0.2) is 0 Å². The third-order valence-corrected chi connectivity index (χ3v) is 3.91. The number of hydrogen-bond acceptors (Lipinski definition) is 5. The van der Waals surface area contributed by atoms with Gasteiger partial charge in [-0.15, -0.1) is 0 Å². The zero-order valence-corrected chi connectivity index (χ0v) is 13.7. The highest BCUT2D eigenvalue weighted by Gasteiger charge is 2.24. The zero-order chi connectivity index (χ0) is 17.1. The average Bonchev–Trinajstić information content (AvgIpc) is 2.54. The van der Waals surface area contributed by atoms with Crippen molar-refractivity contribution in [3.8, 4) is 23.0 Å². The van der Waals surface area contributed by atoms with Crippen LogP contribution in [0.25, 0.3) is 0 Å². The summed E-state index contributed by atoms with van der Waals surface area (Å²) in [5.74, 6) is 1.50. The Labute approximate surface area is 140 Å². The maximum Gasteiger partial charge on any atom is 0.308 e. The van der Waals surface area contributed by atoms with Crippen molar-refractivity contribution in [1.82, 2.24) is 0 Å². The van der Waals surface area contributed by atoms with Gasteiger partial charge in [0.25, 0.3) is 0 Å². The summed E-state index contributed by atoms with van der Waals surface area (Å²) in [6.45, 7) is 3.86. The summed E-state index contributed by atoms with van der Waals surface area (Å²) in [5.41, 5.74) is 1.81. The first-order valence-corrected chi connectivity index (χ1v) is 8.00. The molecule has 0 spiro atoms. The van der Waals surface area contributed by atoms with Gasteiger partial charge in [-0.2, -0.15) is 0 Å². The molecule has 5 heteroatoms. The summed E-state index contributed by atoms with van der Waals surface area (Å²) < 4.78 is 16.6. The molecule has 1 aliphatic rings. The van der Waals surface area contributed by atoms with Crippen molar-refractivity contribution < 1.29 is 24.1 Å². The van der Waals surface area contributed by atoms with Crippen molar-refractivity contribution in [2.24, 2.45) is 0 Å². The smallest absolute Gasteiger partial charge is 0.308 e. The molecule has 0 saturated carbocycles. The van der Waals surface area contributed by atoms with E-state index < -0.39 is 5.97 Å². The van der Waals surface area contributed by atoms with Crippen molar-refractivity contribution in [3.63, 3.8) is 0 Å². The summed E-state index contributed by atoms with van der Waals surface area (Å²) in [6, 6.07) is 10.7. The van der Waals surface area contributed by atoms with Gasteiger partial charge < -0.3 is 19.3 Å². The van der Waals surface area contributed by atoms with Gasteiger partial charge in [-0.25, -0.2) is 0 Å². The van der Waals surface area contributed by atoms with Gasteiger partial charge in [0.1, 0.15) is 29.1 Å². The van der Waals surface area contributed by atoms with Gasteiger partial charge in [0, 0.05) is 24.6 Å². The molecular weight excluding hydrogens is 308 g/mol.